The Morgan fingerprint density at radius 2 is 1.59 bits per heavy atom. The number of aromatic hydroxyl groups is 2. The molecule has 32 heavy (non-hydrogen) atoms. The molecule has 0 spiro atoms. The molecule has 1 aliphatic heterocycles. The predicted octanol–water partition coefficient (Wildman–Crippen LogP) is 6.93. The molecule has 0 aliphatic carbocycles. The van der Waals surface area contributed by atoms with Crippen LogP contribution >= 0.6 is 11.8 Å². The minimum absolute atomic E-state index is 0.0176. The van der Waals surface area contributed by atoms with Gasteiger partial charge in [0, 0.05) is 22.5 Å². The van der Waals surface area contributed by atoms with Gasteiger partial charge in [0.1, 0.15) is 11.5 Å². The fourth-order valence-corrected chi connectivity index (χ4v) is 6.22. The smallest absolute Gasteiger partial charge is 0.305 e. The van der Waals surface area contributed by atoms with Gasteiger partial charge < -0.3 is 14.9 Å². The molecule has 0 amide bonds. The van der Waals surface area contributed by atoms with Gasteiger partial charge in [-0.3, -0.25) is 4.79 Å². The minimum Gasteiger partial charge on any atom is -0.508 e. The lowest BCUT2D eigenvalue weighted by molar-refractivity contribution is -0.140. The summed E-state index contributed by atoms with van der Waals surface area (Å²) in [6, 6.07) is 13.5. The lowest BCUT2D eigenvalue weighted by atomic mass is 9.68. The van der Waals surface area contributed by atoms with E-state index in [1.807, 2.05) is 23.9 Å². The van der Waals surface area contributed by atoms with Crippen molar-refractivity contribution in [2.45, 2.75) is 80.9 Å². The number of fused-ring (bicyclic) bond motifs is 1. The molecule has 0 radical (unpaired) electrons. The van der Waals surface area contributed by atoms with E-state index in [-0.39, 0.29) is 11.4 Å². The van der Waals surface area contributed by atoms with Crippen LogP contribution in [-0.2, 0) is 14.9 Å². The van der Waals surface area contributed by atoms with Gasteiger partial charge in [0.05, 0.1) is 7.11 Å². The van der Waals surface area contributed by atoms with E-state index in [2.05, 4.69) is 29.9 Å². The number of phenolic OH excluding ortho intramolecular Hbond substituents is 2. The van der Waals surface area contributed by atoms with Gasteiger partial charge in [0.25, 0.3) is 0 Å². The molecule has 174 valence electrons. The maximum atomic E-state index is 11.2. The molecule has 0 bridgehead atoms. The van der Waals surface area contributed by atoms with E-state index in [4.69, 9.17) is 0 Å². The first-order chi connectivity index (χ1) is 15.4. The summed E-state index contributed by atoms with van der Waals surface area (Å²) in [6.45, 7) is 2.34. The Kier molecular flexibility index (Phi) is 8.92. The Morgan fingerprint density at radius 3 is 2.28 bits per heavy atom. The first kappa shape index (κ1) is 24.5. The maximum Gasteiger partial charge on any atom is 0.305 e. The Balaban J connectivity index is 1.57. The number of hydrogen-bond donors (Lipinski definition) is 2. The van der Waals surface area contributed by atoms with Crippen molar-refractivity contribution in [2.24, 2.45) is 0 Å². The molecule has 4 nitrogen and oxygen atoms in total. The molecule has 5 heteroatoms. The number of unbranched alkanes of at least 4 members (excludes halogenated alkanes) is 6. The Morgan fingerprint density at radius 1 is 0.969 bits per heavy atom. The minimum atomic E-state index is -0.110. The first-order valence-electron chi connectivity index (χ1n) is 11.8. The van der Waals surface area contributed by atoms with Crippen LogP contribution in [0.1, 0.15) is 81.8 Å². The largest absolute Gasteiger partial charge is 0.508 e. The average molecular weight is 457 g/mol. The van der Waals surface area contributed by atoms with Gasteiger partial charge >= 0.3 is 5.97 Å². The standard InChI is InChI=1S/C27H36O4S/c1-27(20-12-14-21(28)15-13-20)19-32-25-18-22(29)16-17-23(25)24(27)10-8-6-4-3-5-7-9-11-26(30)31-2/h12-18,24,28-29H,3-11,19H2,1-2H3. The van der Waals surface area contributed by atoms with Crippen molar-refractivity contribution in [3.63, 3.8) is 0 Å². The molecule has 2 aromatic carbocycles. The SMILES string of the molecule is COC(=O)CCCCCCCCCC1c2ccc(O)cc2SCC1(C)c1ccc(O)cc1. The van der Waals surface area contributed by atoms with Crippen molar-refractivity contribution in [1.29, 1.82) is 0 Å². The zero-order valence-corrected chi connectivity index (χ0v) is 20.1. The highest BCUT2D eigenvalue weighted by molar-refractivity contribution is 7.99. The van der Waals surface area contributed by atoms with E-state index in [0.29, 0.717) is 23.8 Å². The monoisotopic (exact) mass is 456 g/mol. The molecule has 2 unspecified atom stereocenters. The van der Waals surface area contributed by atoms with E-state index in [1.165, 1.54) is 55.2 Å². The average Bonchev–Trinajstić information content (AvgIpc) is 2.79. The second kappa shape index (κ2) is 11.6. The van der Waals surface area contributed by atoms with Crippen LogP contribution < -0.4 is 0 Å². The van der Waals surface area contributed by atoms with Crippen molar-refractivity contribution in [2.75, 3.05) is 12.9 Å². The van der Waals surface area contributed by atoms with Gasteiger partial charge in [-0.25, -0.2) is 0 Å². The summed E-state index contributed by atoms with van der Waals surface area (Å²) in [7, 11) is 1.45. The molecule has 1 aliphatic rings. The fraction of sp³-hybridized carbons (Fsp3) is 0.519. The summed E-state index contributed by atoms with van der Waals surface area (Å²) < 4.78 is 4.69. The van der Waals surface area contributed by atoms with Crippen LogP contribution in [0.15, 0.2) is 47.4 Å². The van der Waals surface area contributed by atoms with Crippen LogP contribution in [0.3, 0.4) is 0 Å². The van der Waals surface area contributed by atoms with Crippen LogP contribution in [-0.4, -0.2) is 29.0 Å². The van der Waals surface area contributed by atoms with Crippen LogP contribution in [0.4, 0.5) is 0 Å². The third-order valence-corrected chi connectivity index (χ3v) is 8.21. The molecule has 2 aromatic rings. The van der Waals surface area contributed by atoms with Gasteiger partial charge in [-0.2, -0.15) is 0 Å². The second-order valence-corrected chi connectivity index (χ2v) is 10.1. The Labute approximate surface area is 196 Å². The molecule has 0 saturated heterocycles. The van der Waals surface area contributed by atoms with Crippen LogP contribution in [0.2, 0.25) is 0 Å². The van der Waals surface area contributed by atoms with Gasteiger partial charge in [-0.05, 0) is 54.2 Å². The predicted molar refractivity (Wildman–Crippen MR) is 131 cm³/mol. The number of esters is 1. The van der Waals surface area contributed by atoms with Crippen LogP contribution in [0.5, 0.6) is 11.5 Å². The van der Waals surface area contributed by atoms with E-state index in [9.17, 15) is 15.0 Å². The Bertz CT molecular complexity index is 880. The number of phenols is 2. The summed E-state index contributed by atoms with van der Waals surface area (Å²) in [6.07, 6.45) is 9.62. The highest BCUT2D eigenvalue weighted by atomic mass is 32.2. The highest BCUT2D eigenvalue weighted by Gasteiger charge is 2.41. The zero-order chi connectivity index (χ0) is 23.0. The van der Waals surface area contributed by atoms with E-state index in [0.717, 1.165) is 25.0 Å². The van der Waals surface area contributed by atoms with Gasteiger partial charge in [0.15, 0.2) is 0 Å². The molecule has 1 heterocycles. The van der Waals surface area contributed by atoms with Gasteiger partial charge in [-0.1, -0.05) is 63.6 Å². The number of benzene rings is 2. The number of carbonyl (C=O) groups excluding carboxylic acids is 1. The molecule has 3 rings (SSSR count). The van der Waals surface area contributed by atoms with E-state index < -0.39 is 0 Å². The summed E-state index contributed by atoms with van der Waals surface area (Å²) >= 11 is 1.82. The van der Waals surface area contributed by atoms with Crippen molar-refractivity contribution in [3.8, 4) is 11.5 Å². The summed E-state index contributed by atoms with van der Waals surface area (Å²) in [4.78, 5) is 12.4. The molecule has 0 saturated carbocycles. The maximum absolute atomic E-state index is 11.2. The molecule has 2 N–H and O–H groups in total. The third-order valence-electron chi connectivity index (χ3n) is 6.80. The highest BCUT2D eigenvalue weighted by Crippen LogP contribution is 2.52. The van der Waals surface area contributed by atoms with E-state index in [1.54, 1.807) is 12.1 Å². The first-order valence-corrected chi connectivity index (χ1v) is 12.7. The number of methoxy groups -OCH3 is 1. The fourth-order valence-electron chi connectivity index (χ4n) is 4.81. The third kappa shape index (κ3) is 6.22. The lowest BCUT2D eigenvalue weighted by Crippen LogP contribution is -2.36. The number of hydrogen-bond acceptors (Lipinski definition) is 5. The quantitative estimate of drug-likeness (QED) is 0.283. The van der Waals surface area contributed by atoms with Crippen molar-refractivity contribution in [3.05, 3.63) is 53.6 Å². The molecule has 0 aromatic heterocycles. The Hall–Kier alpha value is -2.14. The van der Waals surface area contributed by atoms with Gasteiger partial charge in [-0.15, -0.1) is 11.8 Å². The van der Waals surface area contributed by atoms with E-state index >= 15 is 0 Å². The lowest BCUT2D eigenvalue weighted by Gasteiger charge is -2.43. The number of carbonyl (C=O) groups is 1. The summed E-state index contributed by atoms with van der Waals surface area (Å²) in [5.41, 5.74) is 2.57. The van der Waals surface area contributed by atoms with Crippen LogP contribution in [0, 0.1) is 0 Å². The molecule has 2 atom stereocenters. The summed E-state index contributed by atoms with van der Waals surface area (Å²) in [5, 5.41) is 19.7. The molecule has 0 fully saturated rings. The zero-order valence-electron chi connectivity index (χ0n) is 19.3. The second-order valence-electron chi connectivity index (χ2n) is 9.12. The number of ether oxygens (including phenoxy) is 1. The summed E-state index contributed by atoms with van der Waals surface area (Å²) in [5.74, 6) is 1.86. The van der Waals surface area contributed by atoms with Crippen molar-refractivity contribution in [1.82, 2.24) is 0 Å². The molecular formula is C27H36O4S. The van der Waals surface area contributed by atoms with Crippen molar-refractivity contribution >= 4 is 17.7 Å². The normalized spacial score (nSPS) is 20.0. The number of thioether (sulfide) groups is 1. The van der Waals surface area contributed by atoms with Crippen molar-refractivity contribution < 1.29 is 19.7 Å². The van der Waals surface area contributed by atoms with Crippen LogP contribution in [0.25, 0.3) is 0 Å². The topological polar surface area (TPSA) is 66.8 Å². The number of rotatable bonds is 11. The van der Waals surface area contributed by atoms with Gasteiger partial charge in [0.2, 0.25) is 0 Å². The molecular weight excluding hydrogens is 420 g/mol.